The predicted molar refractivity (Wildman–Crippen MR) is 84.8 cm³/mol. The quantitative estimate of drug-likeness (QED) is 0.923. The number of nitrogens with zero attached hydrogens (tertiary/aromatic N) is 1. The first kappa shape index (κ1) is 14.6. The maximum Gasteiger partial charge on any atom is 0.258 e. The summed E-state index contributed by atoms with van der Waals surface area (Å²) in [6.45, 7) is 1.94. The minimum atomic E-state index is -0.140. The average Bonchev–Trinajstić information content (AvgIpc) is 3.01. The van der Waals surface area contributed by atoms with Crippen LogP contribution in [0.5, 0.6) is 5.75 Å². The van der Waals surface area contributed by atoms with Crippen LogP contribution in [0.25, 0.3) is 0 Å². The van der Waals surface area contributed by atoms with E-state index in [9.17, 15) is 4.79 Å². The van der Waals surface area contributed by atoms with Crippen molar-refractivity contribution in [2.24, 2.45) is 0 Å². The molecule has 1 aliphatic carbocycles. The lowest BCUT2D eigenvalue weighted by Gasteiger charge is -2.14. The van der Waals surface area contributed by atoms with Crippen molar-refractivity contribution in [1.82, 2.24) is 10.3 Å². The Hall–Kier alpha value is -2.36. The van der Waals surface area contributed by atoms with Gasteiger partial charge in [0.2, 0.25) is 0 Å². The van der Waals surface area contributed by atoms with Crippen LogP contribution in [0.4, 0.5) is 0 Å². The summed E-state index contributed by atoms with van der Waals surface area (Å²) in [5.74, 6) is 0.625. The number of hydrogen-bond donors (Lipinski definition) is 1. The molecule has 2 aromatic rings. The van der Waals surface area contributed by atoms with Gasteiger partial charge in [-0.25, -0.2) is 0 Å². The molecule has 4 heteroatoms. The van der Waals surface area contributed by atoms with E-state index in [0.29, 0.717) is 0 Å². The van der Waals surface area contributed by atoms with Crippen LogP contribution in [0.1, 0.15) is 36.2 Å². The van der Waals surface area contributed by atoms with E-state index in [1.165, 1.54) is 17.5 Å². The third-order valence-electron chi connectivity index (χ3n) is 3.95. The van der Waals surface area contributed by atoms with Crippen LogP contribution in [0.15, 0.2) is 42.6 Å². The minimum absolute atomic E-state index is 0.0238. The summed E-state index contributed by atoms with van der Waals surface area (Å²) < 4.78 is 5.60. The zero-order valence-electron chi connectivity index (χ0n) is 12.7. The third kappa shape index (κ3) is 3.45. The molecule has 1 heterocycles. The molecular weight excluding hydrogens is 276 g/mol. The minimum Gasteiger partial charge on any atom is -0.484 e. The molecule has 1 aromatic carbocycles. The van der Waals surface area contributed by atoms with Crippen LogP contribution < -0.4 is 10.1 Å². The van der Waals surface area contributed by atoms with Crippen LogP contribution in [0, 0.1) is 0 Å². The van der Waals surface area contributed by atoms with Gasteiger partial charge >= 0.3 is 0 Å². The third-order valence-corrected chi connectivity index (χ3v) is 3.95. The van der Waals surface area contributed by atoms with Crippen LogP contribution in [0.2, 0.25) is 0 Å². The molecule has 0 bridgehead atoms. The number of rotatable bonds is 5. The maximum atomic E-state index is 12.0. The number of carbonyl (C=O) groups excluding carboxylic acids is 1. The summed E-state index contributed by atoms with van der Waals surface area (Å²) in [5, 5.41) is 2.89. The summed E-state index contributed by atoms with van der Waals surface area (Å²) in [6.07, 6.45) is 5.19. The Morgan fingerprint density at radius 3 is 2.95 bits per heavy atom. The van der Waals surface area contributed by atoms with Gasteiger partial charge in [-0.2, -0.15) is 0 Å². The van der Waals surface area contributed by atoms with Crippen molar-refractivity contribution in [3.63, 3.8) is 0 Å². The van der Waals surface area contributed by atoms with Gasteiger partial charge in [-0.3, -0.25) is 9.78 Å². The molecule has 1 unspecified atom stereocenters. The van der Waals surface area contributed by atoms with E-state index in [1.807, 2.05) is 31.2 Å². The molecule has 22 heavy (non-hydrogen) atoms. The molecule has 1 N–H and O–H groups in total. The Labute approximate surface area is 130 Å². The highest BCUT2D eigenvalue weighted by molar-refractivity contribution is 5.77. The second-order valence-corrected chi connectivity index (χ2v) is 5.62. The Kier molecular flexibility index (Phi) is 4.37. The van der Waals surface area contributed by atoms with Gasteiger partial charge in [0, 0.05) is 6.20 Å². The van der Waals surface area contributed by atoms with Gasteiger partial charge in [-0.05, 0) is 61.6 Å². The lowest BCUT2D eigenvalue weighted by molar-refractivity contribution is -0.123. The Balaban J connectivity index is 1.52. The summed E-state index contributed by atoms with van der Waals surface area (Å²) in [7, 11) is 0. The molecule has 1 atom stereocenters. The van der Waals surface area contributed by atoms with Gasteiger partial charge < -0.3 is 10.1 Å². The standard InChI is InChI=1S/C18H20N2O2/c1-13(17-7-2-3-10-19-17)20-18(21)12-22-16-9-8-14-5-4-6-15(14)11-16/h2-3,7-11,13H,4-6,12H2,1H3,(H,20,21). The fourth-order valence-corrected chi connectivity index (χ4v) is 2.78. The largest absolute Gasteiger partial charge is 0.484 e. The number of hydrogen-bond acceptors (Lipinski definition) is 3. The molecule has 0 aliphatic heterocycles. The number of fused-ring (bicyclic) bond motifs is 1. The predicted octanol–water partition coefficient (Wildman–Crippen LogP) is 2.83. The van der Waals surface area contributed by atoms with Gasteiger partial charge in [0.15, 0.2) is 6.61 Å². The van der Waals surface area contributed by atoms with Crippen molar-refractivity contribution in [3.8, 4) is 5.75 Å². The molecule has 4 nitrogen and oxygen atoms in total. The lowest BCUT2D eigenvalue weighted by Crippen LogP contribution is -2.31. The van der Waals surface area contributed by atoms with Crippen LogP contribution in [-0.4, -0.2) is 17.5 Å². The molecule has 0 saturated carbocycles. The Morgan fingerprint density at radius 2 is 2.14 bits per heavy atom. The summed E-state index contributed by atoms with van der Waals surface area (Å²) in [4.78, 5) is 16.2. The molecule has 114 valence electrons. The number of aromatic nitrogens is 1. The fraction of sp³-hybridized carbons (Fsp3) is 0.333. The van der Waals surface area contributed by atoms with Gasteiger partial charge in [0.1, 0.15) is 5.75 Å². The molecule has 0 spiro atoms. The molecule has 3 rings (SSSR count). The highest BCUT2D eigenvalue weighted by atomic mass is 16.5. The molecule has 1 amide bonds. The van der Waals surface area contributed by atoms with Crippen LogP contribution in [-0.2, 0) is 17.6 Å². The van der Waals surface area contributed by atoms with Crippen molar-refractivity contribution in [2.45, 2.75) is 32.2 Å². The van der Waals surface area contributed by atoms with E-state index in [1.54, 1.807) is 6.20 Å². The maximum absolute atomic E-state index is 12.0. The molecular formula is C18H20N2O2. The first-order valence-electron chi connectivity index (χ1n) is 7.67. The van der Waals surface area contributed by atoms with Gasteiger partial charge in [0.25, 0.3) is 5.91 Å². The number of ether oxygens (including phenoxy) is 1. The second-order valence-electron chi connectivity index (χ2n) is 5.62. The van der Waals surface area contributed by atoms with E-state index in [2.05, 4.69) is 22.4 Å². The van der Waals surface area contributed by atoms with Crippen molar-refractivity contribution in [2.75, 3.05) is 6.61 Å². The first-order valence-corrected chi connectivity index (χ1v) is 7.67. The van der Waals surface area contributed by atoms with E-state index < -0.39 is 0 Å². The monoisotopic (exact) mass is 296 g/mol. The molecule has 1 aromatic heterocycles. The van der Waals surface area contributed by atoms with Gasteiger partial charge in [-0.15, -0.1) is 0 Å². The number of carbonyl (C=O) groups is 1. The van der Waals surface area contributed by atoms with E-state index in [-0.39, 0.29) is 18.6 Å². The van der Waals surface area contributed by atoms with Crippen molar-refractivity contribution in [3.05, 3.63) is 59.4 Å². The fourth-order valence-electron chi connectivity index (χ4n) is 2.78. The topological polar surface area (TPSA) is 51.2 Å². The number of pyridine rings is 1. The second kappa shape index (κ2) is 6.60. The van der Waals surface area contributed by atoms with Crippen LogP contribution >= 0.6 is 0 Å². The first-order chi connectivity index (χ1) is 10.7. The van der Waals surface area contributed by atoms with Crippen LogP contribution in [0.3, 0.4) is 0 Å². The zero-order valence-corrected chi connectivity index (χ0v) is 12.7. The van der Waals surface area contributed by atoms with Crippen molar-refractivity contribution >= 4 is 5.91 Å². The Bertz CT molecular complexity index is 655. The Morgan fingerprint density at radius 1 is 1.27 bits per heavy atom. The van der Waals surface area contributed by atoms with E-state index in [4.69, 9.17) is 4.74 Å². The van der Waals surface area contributed by atoms with E-state index >= 15 is 0 Å². The smallest absolute Gasteiger partial charge is 0.258 e. The number of nitrogens with one attached hydrogen (secondary N) is 1. The number of amides is 1. The summed E-state index contributed by atoms with van der Waals surface area (Å²) in [6, 6.07) is 11.6. The number of benzene rings is 1. The molecule has 0 radical (unpaired) electrons. The SMILES string of the molecule is CC(NC(=O)COc1ccc2c(c1)CCC2)c1ccccn1. The van der Waals surface area contributed by atoms with Gasteiger partial charge in [0.05, 0.1) is 11.7 Å². The highest BCUT2D eigenvalue weighted by Crippen LogP contribution is 2.25. The number of aryl methyl sites for hydroxylation is 2. The highest BCUT2D eigenvalue weighted by Gasteiger charge is 2.13. The average molecular weight is 296 g/mol. The molecule has 0 fully saturated rings. The van der Waals surface area contributed by atoms with Crippen molar-refractivity contribution in [1.29, 1.82) is 0 Å². The van der Waals surface area contributed by atoms with Gasteiger partial charge in [-0.1, -0.05) is 12.1 Å². The molecule has 1 aliphatic rings. The normalized spacial score (nSPS) is 14.2. The zero-order chi connectivity index (χ0) is 15.4. The summed E-state index contributed by atoms with van der Waals surface area (Å²) >= 11 is 0. The molecule has 0 saturated heterocycles. The summed E-state index contributed by atoms with van der Waals surface area (Å²) in [5.41, 5.74) is 3.59. The lowest BCUT2D eigenvalue weighted by atomic mass is 10.1. The van der Waals surface area contributed by atoms with Crippen molar-refractivity contribution < 1.29 is 9.53 Å². The van der Waals surface area contributed by atoms with E-state index in [0.717, 1.165) is 24.3 Å².